The summed E-state index contributed by atoms with van der Waals surface area (Å²) in [7, 11) is 0. The first-order chi connectivity index (χ1) is 10.7. The molecule has 0 bridgehead atoms. The molecular formula is C17H25N3O3. The summed E-state index contributed by atoms with van der Waals surface area (Å²) in [5.41, 5.74) is 6.73. The van der Waals surface area contributed by atoms with Gasteiger partial charge in [0.1, 0.15) is 5.60 Å². The number of hydrogen-bond acceptors (Lipinski definition) is 4. The maximum Gasteiger partial charge on any atom is 0.410 e. The fraction of sp³-hybridized carbons (Fsp3) is 0.529. The van der Waals surface area contributed by atoms with Crippen molar-refractivity contribution < 1.29 is 14.3 Å². The zero-order valence-corrected chi connectivity index (χ0v) is 14.0. The molecule has 1 aromatic rings. The standard InChI is InChI=1S/C17H25N3O3/c1-17(2,3)23-16(22)20-9-7-19(8-10-20)14-6-4-5-13(11-14)12-15(18)21/h4-6,11H,7-10,12H2,1-3H3,(H2,18,21). The summed E-state index contributed by atoms with van der Waals surface area (Å²) in [4.78, 5) is 27.0. The molecule has 6 heteroatoms. The van der Waals surface area contributed by atoms with E-state index >= 15 is 0 Å². The number of nitrogens with two attached hydrogens (primary N) is 1. The molecule has 1 fully saturated rings. The van der Waals surface area contributed by atoms with Crippen molar-refractivity contribution in [3.05, 3.63) is 29.8 Å². The highest BCUT2D eigenvalue weighted by Crippen LogP contribution is 2.19. The van der Waals surface area contributed by atoms with Gasteiger partial charge in [-0.25, -0.2) is 4.79 Å². The molecule has 0 atom stereocenters. The molecule has 0 aliphatic carbocycles. The van der Waals surface area contributed by atoms with Gasteiger partial charge in [-0.2, -0.15) is 0 Å². The van der Waals surface area contributed by atoms with Gasteiger partial charge < -0.3 is 20.3 Å². The molecular weight excluding hydrogens is 294 g/mol. The van der Waals surface area contributed by atoms with Crippen molar-refractivity contribution >= 4 is 17.7 Å². The lowest BCUT2D eigenvalue weighted by Crippen LogP contribution is -2.50. The van der Waals surface area contributed by atoms with Gasteiger partial charge in [0.15, 0.2) is 0 Å². The van der Waals surface area contributed by atoms with E-state index in [1.54, 1.807) is 4.90 Å². The predicted octanol–water partition coefficient (Wildman–Crippen LogP) is 1.77. The van der Waals surface area contributed by atoms with Gasteiger partial charge >= 0.3 is 6.09 Å². The Morgan fingerprint density at radius 3 is 2.39 bits per heavy atom. The quantitative estimate of drug-likeness (QED) is 0.921. The van der Waals surface area contributed by atoms with Crippen molar-refractivity contribution in [1.82, 2.24) is 4.90 Å². The number of carbonyl (C=O) groups excluding carboxylic acids is 2. The van der Waals surface area contributed by atoms with E-state index in [9.17, 15) is 9.59 Å². The minimum Gasteiger partial charge on any atom is -0.444 e. The van der Waals surface area contributed by atoms with Crippen LogP contribution in [-0.4, -0.2) is 48.7 Å². The van der Waals surface area contributed by atoms with E-state index in [0.29, 0.717) is 13.1 Å². The molecule has 23 heavy (non-hydrogen) atoms. The zero-order valence-electron chi connectivity index (χ0n) is 14.0. The van der Waals surface area contributed by atoms with Crippen molar-refractivity contribution in [3.63, 3.8) is 0 Å². The van der Waals surface area contributed by atoms with Crippen molar-refractivity contribution in [2.24, 2.45) is 5.73 Å². The number of carbonyl (C=O) groups is 2. The third kappa shape index (κ3) is 5.16. The number of primary amides is 1. The van der Waals surface area contributed by atoms with Crippen LogP contribution in [0.1, 0.15) is 26.3 Å². The van der Waals surface area contributed by atoms with E-state index in [0.717, 1.165) is 24.3 Å². The molecule has 1 aromatic carbocycles. The van der Waals surface area contributed by atoms with Crippen molar-refractivity contribution in [3.8, 4) is 0 Å². The van der Waals surface area contributed by atoms with Crippen LogP contribution in [0.15, 0.2) is 24.3 Å². The van der Waals surface area contributed by atoms with Crippen LogP contribution in [0, 0.1) is 0 Å². The second-order valence-electron chi connectivity index (χ2n) is 6.77. The smallest absolute Gasteiger partial charge is 0.410 e. The van der Waals surface area contributed by atoms with Crippen LogP contribution in [0.25, 0.3) is 0 Å². The second kappa shape index (κ2) is 6.89. The van der Waals surface area contributed by atoms with Gasteiger partial charge in [0, 0.05) is 31.9 Å². The number of benzene rings is 1. The highest BCUT2D eigenvalue weighted by molar-refractivity contribution is 5.77. The first kappa shape index (κ1) is 17.1. The number of hydrogen-bond donors (Lipinski definition) is 1. The lowest BCUT2D eigenvalue weighted by atomic mass is 10.1. The molecule has 0 aromatic heterocycles. The monoisotopic (exact) mass is 319 g/mol. The first-order valence-corrected chi connectivity index (χ1v) is 7.85. The molecule has 0 spiro atoms. The Morgan fingerprint density at radius 1 is 1.17 bits per heavy atom. The van der Waals surface area contributed by atoms with Crippen LogP contribution < -0.4 is 10.6 Å². The Hall–Kier alpha value is -2.24. The van der Waals surface area contributed by atoms with Gasteiger partial charge in [-0.05, 0) is 38.5 Å². The summed E-state index contributed by atoms with van der Waals surface area (Å²) >= 11 is 0. The molecule has 2 N–H and O–H groups in total. The second-order valence-corrected chi connectivity index (χ2v) is 6.77. The summed E-state index contributed by atoms with van der Waals surface area (Å²) < 4.78 is 5.40. The van der Waals surface area contributed by atoms with E-state index in [1.165, 1.54) is 0 Å². The molecule has 6 nitrogen and oxygen atoms in total. The number of piperazine rings is 1. The van der Waals surface area contributed by atoms with Crippen LogP contribution in [0.5, 0.6) is 0 Å². The molecule has 2 rings (SSSR count). The molecule has 1 aliphatic rings. The summed E-state index contributed by atoms with van der Waals surface area (Å²) in [5, 5.41) is 0. The average Bonchev–Trinajstić information content (AvgIpc) is 2.45. The van der Waals surface area contributed by atoms with Crippen LogP contribution in [0.3, 0.4) is 0 Å². The minimum atomic E-state index is -0.475. The van der Waals surface area contributed by atoms with E-state index in [2.05, 4.69) is 4.90 Å². The number of nitrogens with zero attached hydrogens (tertiary/aromatic N) is 2. The molecule has 1 saturated heterocycles. The fourth-order valence-corrected chi connectivity index (χ4v) is 2.54. The van der Waals surface area contributed by atoms with Crippen molar-refractivity contribution in [2.75, 3.05) is 31.1 Å². The van der Waals surface area contributed by atoms with Crippen molar-refractivity contribution in [2.45, 2.75) is 32.8 Å². The highest BCUT2D eigenvalue weighted by Gasteiger charge is 2.25. The largest absolute Gasteiger partial charge is 0.444 e. The highest BCUT2D eigenvalue weighted by atomic mass is 16.6. The maximum atomic E-state index is 12.1. The Balaban J connectivity index is 1.94. The number of rotatable bonds is 3. The van der Waals surface area contributed by atoms with Crippen LogP contribution in [0.4, 0.5) is 10.5 Å². The van der Waals surface area contributed by atoms with E-state index in [-0.39, 0.29) is 18.4 Å². The van der Waals surface area contributed by atoms with Gasteiger partial charge in [0.25, 0.3) is 0 Å². The van der Waals surface area contributed by atoms with Gasteiger partial charge in [-0.15, -0.1) is 0 Å². The maximum absolute atomic E-state index is 12.1. The normalized spacial score (nSPS) is 15.4. The van der Waals surface area contributed by atoms with E-state index in [1.807, 2.05) is 45.0 Å². The van der Waals surface area contributed by atoms with Gasteiger partial charge in [0.2, 0.25) is 5.91 Å². The Kier molecular flexibility index (Phi) is 5.13. The average molecular weight is 319 g/mol. The lowest BCUT2D eigenvalue weighted by Gasteiger charge is -2.36. The molecule has 0 saturated carbocycles. The summed E-state index contributed by atoms with van der Waals surface area (Å²) in [6, 6.07) is 7.81. The summed E-state index contributed by atoms with van der Waals surface area (Å²) in [6.45, 7) is 8.31. The molecule has 1 aliphatic heterocycles. The summed E-state index contributed by atoms with van der Waals surface area (Å²) in [5.74, 6) is -0.336. The van der Waals surface area contributed by atoms with Crippen LogP contribution in [-0.2, 0) is 16.0 Å². The Bertz CT molecular complexity index is 573. The Morgan fingerprint density at radius 2 is 1.83 bits per heavy atom. The fourth-order valence-electron chi connectivity index (χ4n) is 2.54. The number of amides is 2. The van der Waals surface area contributed by atoms with Gasteiger partial charge in [0.05, 0.1) is 6.42 Å². The Labute approximate surface area is 137 Å². The number of anilines is 1. The lowest BCUT2D eigenvalue weighted by molar-refractivity contribution is -0.117. The van der Waals surface area contributed by atoms with E-state index < -0.39 is 5.60 Å². The van der Waals surface area contributed by atoms with E-state index in [4.69, 9.17) is 10.5 Å². The van der Waals surface area contributed by atoms with Crippen molar-refractivity contribution in [1.29, 1.82) is 0 Å². The summed E-state index contributed by atoms with van der Waals surface area (Å²) in [6.07, 6.45) is -0.0225. The van der Waals surface area contributed by atoms with Crippen LogP contribution in [0.2, 0.25) is 0 Å². The van der Waals surface area contributed by atoms with Crippen LogP contribution >= 0.6 is 0 Å². The molecule has 1 heterocycles. The molecule has 2 amide bonds. The SMILES string of the molecule is CC(C)(C)OC(=O)N1CCN(c2cccc(CC(N)=O)c2)CC1. The topological polar surface area (TPSA) is 75.9 Å². The zero-order chi connectivity index (χ0) is 17.0. The first-order valence-electron chi connectivity index (χ1n) is 7.85. The molecule has 0 unspecified atom stereocenters. The third-order valence-corrected chi connectivity index (χ3v) is 3.59. The predicted molar refractivity (Wildman–Crippen MR) is 89.4 cm³/mol. The molecule has 0 radical (unpaired) electrons. The van der Waals surface area contributed by atoms with Gasteiger partial charge in [-0.3, -0.25) is 4.79 Å². The minimum absolute atomic E-state index is 0.242. The third-order valence-electron chi connectivity index (χ3n) is 3.59. The van der Waals surface area contributed by atoms with Gasteiger partial charge in [-0.1, -0.05) is 12.1 Å². The number of ether oxygens (including phenoxy) is 1. The molecule has 126 valence electrons.